The maximum absolute atomic E-state index is 13.3. The summed E-state index contributed by atoms with van der Waals surface area (Å²) in [5.41, 5.74) is 0.762. The smallest absolute Gasteiger partial charge is 0.435 e. The molecule has 0 bridgehead atoms. The molecule has 2 heterocycles. The number of ether oxygens (including phenoxy) is 2. The number of amides is 2. The molecule has 10 heteroatoms. The van der Waals surface area contributed by atoms with Gasteiger partial charge in [0.25, 0.3) is 5.91 Å². The van der Waals surface area contributed by atoms with Gasteiger partial charge in [-0.05, 0) is 96.2 Å². The van der Waals surface area contributed by atoms with E-state index < -0.39 is 29.3 Å². The Bertz CT molecular complexity index is 1650. The minimum atomic E-state index is -0.738. The number of carbonyl (C=O) groups excluding carboxylic acids is 3. The van der Waals surface area contributed by atoms with Gasteiger partial charge in [0.1, 0.15) is 11.2 Å². The van der Waals surface area contributed by atoms with Crippen molar-refractivity contribution >= 4 is 52.9 Å². The molecular formula is C32H34N4O5S. The van der Waals surface area contributed by atoms with Crippen molar-refractivity contribution in [1.82, 2.24) is 19.7 Å². The van der Waals surface area contributed by atoms with Crippen molar-refractivity contribution in [2.75, 3.05) is 7.05 Å². The topological polar surface area (TPSA) is 104 Å². The molecule has 2 aromatic heterocycles. The number of hydrogen-bond donors (Lipinski definition) is 0. The van der Waals surface area contributed by atoms with Crippen molar-refractivity contribution in [3.63, 3.8) is 0 Å². The molecule has 42 heavy (non-hydrogen) atoms. The summed E-state index contributed by atoms with van der Waals surface area (Å²) in [7, 11) is 1.39. The molecule has 0 fully saturated rings. The number of nitrogens with zero attached hydrogens (tertiary/aromatic N) is 4. The Morgan fingerprint density at radius 3 is 2.24 bits per heavy atom. The summed E-state index contributed by atoms with van der Waals surface area (Å²) < 4.78 is 12.2. The summed E-state index contributed by atoms with van der Waals surface area (Å²) in [5.74, 6) is -0.492. The second-order valence-corrected chi connectivity index (χ2v) is 12.6. The summed E-state index contributed by atoms with van der Waals surface area (Å²) in [6.45, 7) is 10.6. The van der Waals surface area contributed by atoms with Crippen LogP contribution in [0.25, 0.3) is 23.1 Å². The molecule has 0 spiro atoms. The summed E-state index contributed by atoms with van der Waals surface area (Å²) in [4.78, 5) is 45.7. The third kappa shape index (κ3) is 7.64. The number of aromatic nitrogens is 3. The Kier molecular flexibility index (Phi) is 8.86. The summed E-state index contributed by atoms with van der Waals surface area (Å²) in [6, 6.07) is 18.2. The highest BCUT2D eigenvalue weighted by Crippen LogP contribution is 2.34. The average molecular weight is 587 g/mol. The van der Waals surface area contributed by atoms with Crippen LogP contribution in [0.2, 0.25) is 0 Å². The first-order chi connectivity index (χ1) is 19.7. The predicted octanol–water partition coefficient (Wildman–Crippen LogP) is 7.54. The van der Waals surface area contributed by atoms with Crippen LogP contribution < -0.4 is 0 Å². The lowest BCUT2D eigenvalue weighted by Gasteiger charge is -2.24. The second kappa shape index (κ2) is 12.2. The van der Waals surface area contributed by atoms with Gasteiger partial charge in [0.05, 0.1) is 22.5 Å². The zero-order valence-electron chi connectivity index (χ0n) is 24.7. The van der Waals surface area contributed by atoms with Crippen molar-refractivity contribution < 1.29 is 23.9 Å². The quantitative estimate of drug-likeness (QED) is 0.236. The zero-order valence-corrected chi connectivity index (χ0v) is 25.6. The Labute approximate surface area is 249 Å². The molecule has 0 radical (unpaired) electrons. The van der Waals surface area contributed by atoms with Gasteiger partial charge in [-0.1, -0.05) is 30.0 Å². The van der Waals surface area contributed by atoms with Gasteiger partial charge in [-0.3, -0.25) is 9.78 Å². The number of rotatable bonds is 5. The molecule has 0 aliphatic heterocycles. The van der Waals surface area contributed by atoms with Gasteiger partial charge in [-0.25, -0.2) is 14.5 Å². The molecule has 9 nitrogen and oxygen atoms in total. The Balaban J connectivity index is 1.70. The maximum atomic E-state index is 13.3. The number of imide groups is 1. The van der Waals surface area contributed by atoms with Gasteiger partial charge in [-0.2, -0.15) is 9.78 Å². The zero-order chi connectivity index (χ0) is 30.7. The number of hydrogen-bond acceptors (Lipinski definition) is 8. The van der Waals surface area contributed by atoms with E-state index in [1.807, 2.05) is 48.5 Å². The first-order valence-electron chi connectivity index (χ1n) is 13.3. The van der Waals surface area contributed by atoms with E-state index in [2.05, 4.69) is 10.1 Å². The van der Waals surface area contributed by atoms with Gasteiger partial charge in [0.15, 0.2) is 0 Å². The van der Waals surface area contributed by atoms with Crippen molar-refractivity contribution in [3.05, 3.63) is 83.8 Å². The van der Waals surface area contributed by atoms with Gasteiger partial charge in [0, 0.05) is 28.4 Å². The molecule has 0 atom stereocenters. The highest BCUT2D eigenvalue weighted by atomic mass is 32.2. The number of carbonyl (C=O) groups is 3. The first-order valence-corrected chi connectivity index (χ1v) is 14.2. The third-order valence-electron chi connectivity index (χ3n) is 5.66. The fraction of sp³-hybridized carbons (Fsp3) is 0.281. The highest BCUT2D eigenvalue weighted by Gasteiger charge is 2.27. The van der Waals surface area contributed by atoms with Crippen LogP contribution in [-0.4, -0.2) is 56.0 Å². The third-order valence-corrected chi connectivity index (χ3v) is 6.73. The SMILES string of the molecule is CN(C(=O)OC(C)(C)C)C(=O)c1ccccc1Sc1ccc2c(/C=C/c3ccccn3)nn(C(=O)OC(C)(C)C)c2c1. The molecule has 0 aliphatic carbocycles. The van der Waals surface area contributed by atoms with E-state index >= 15 is 0 Å². The van der Waals surface area contributed by atoms with E-state index in [9.17, 15) is 14.4 Å². The van der Waals surface area contributed by atoms with E-state index in [0.717, 1.165) is 20.9 Å². The minimum Gasteiger partial charge on any atom is -0.443 e. The van der Waals surface area contributed by atoms with Crippen LogP contribution in [0.3, 0.4) is 0 Å². The van der Waals surface area contributed by atoms with Crippen molar-refractivity contribution in [2.24, 2.45) is 0 Å². The fourth-order valence-electron chi connectivity index (χ4n) is 3.84. The van der Waals surface area contributed by atoms with Crippen LogP contribution in [-0.2, 0) is 9.47 Å². The second-order valence-electron chi connectivity index (χ2n) is 11.5. The minimum absolute atomic E-state index is 0.343. The number of fused-ring (bicyclic) bond motifs is 1. The van der Waals surface area contributed by atoms with Gasteiger partial charge in [0.2, 0.25) is 0 Å². The molecular weight excluding hydrogens is 552 g/mol. The predicted molar refractivity (Wildman–Crippen MR) is 163 cm³/mol. The molecule has 0 saturated carbocycles. The summed E-state index contributed by atoms with van der Waals surface area (Å²) >= 11 is 1.33. The van der Waals surface area contributed by atoms with Crippen molar-refractivity contribution in [2.45, 2.75) is 62.5 Å². The van der Waals surface area contributed by atoms with E-state index in [1.54, 1.807) is 72.0 Å². The van der Waals surface area contributed by atoms with Crippen LogP contribution in [0.15, 0.2) is 76.7 Å². The van der Waals surface area contributed by atoms with Crippen molar-refractivity contribution in [3.8, 4) is 0 Å². The maximum Gasteiger partial charge on any atom is 0.435 e. The number of pyridine rings is 1. The van der Waals surface area contributed by atoms with Crippen LogP contribution in [0, 0.1) is 0 Å². The highest BCUT2D eigenvalue weighted by molar-refractivity contribution is 7.99. The molecule has 0 saturated heterocycles. The molecule has 0 unspecified atom stereocenters. The molecule has 4 aromatic rings. The van der Waals surface area contributed by atoms with Gasteiger partial charge < -0.3 is 9.47 Å². The van der Waals surface area contributed by atoms with E-state index in [1.165, 1.54) is 23.5 Å². The Morgan fingerprint density at radius 1 is 0.881 bits per heavy atom. The van der Waals surface area contributed by atoms with Crippen LogP contribution >= 0.6 is 11.8 Å². The normalized spacial score (nSPS) is 12.0. The molecule has 2 amide bonds. The summed E-state index contributed by atoms with van der Waals surface area (Å²) in [6.07, 6.45) is 3.99. The van der Waals surface area contributed by atoms with Gasteiger partial charge >= 0.3 is 12.2 Å². The first kappa shape index (κ1) is 30.5. The van der Waals surface area contributed by atoms with Crippen LogP contribution in [0.1, 0.15) is 63.3 Å². The molecule has 2 aromatic carbocycles. The Morgan fingerprint density at radius 2 is 1.57 bits per heavy atom. The average Bonchev–Trinajstić information content (AvgIpc) is 3.28. The molecule has 4 rings (SSSR count). The summed E-state index contributed by atoms with van der Waals surface area (Å²) in [5, 5.41) is 5.30. The molecule has 218 valence electrons. The van der Waals surface area contributed by atoms with E-state index in [-0.39, 0.29) is 0 Å². The lowest BCUT2D eigenvalue weighted by Crippen LogP contribution is -2.38. The van der Waals surface area contributed by atoms with Crippen LogP contribution in [0.5, 0.6) is 0 Å². The largest absolute Gasteiger partial charge is 0.443 e. The van der Waals surface area contributed by atoms with Crippen molar-refractivity contribution in [1.29, 1.82) is 0 Å². The lowest BCUT2D eigenvalue weighted by molar-refractivity contribution is 0.0283. The lowest BCUT2D eigenvalue weighted by atomic mass is 10.2. The monoisotopic (exact) mass is 586 g/mol. The van der Waals surface area contributed by atoms with Gasteiger partial charge in [-0.15, -0.1) is 0 Å². The molecule has 0 aliphatic rings. The standard InChI is InChI=1S/C32H34N4O5S/c1-31(2,3)40-29(38)35(7)28(37)24-13-8-9-14-27(24)42-22-16-17-23-25(18-15-21-12-10-11-19-33-21)34-36(26(23)20-22)30(39)41-32(4,5)6/h8-20H,1-7H3/b18-15+. The van der Waals surface area contributed by atoms with E-state index in [4.69, 9.17) is 9.47 Å². The Hall–Kier alpha value is -4.44. The van der Waals surface area contributed by atoms with Crippen LogP contribution in [0.4, 0.5) is 9.59 Å². The number of benzene rings is 2. The molecule has 0 N–H and O–H groups in total. The fourth-order valence-corrected chi connectivity index (χ4v) is 4.81. The van der Waals surface area contributed by atoms with E-state index in [0.29, 0.717) is 21.7 Å².